The molecule has 0 unspecified atom stereocenters. The Morgan fingerprint density at radius 2 is 1.76 bits per heavy atom. The van der Waals surface area contributed by atoms with Gasteiger partial charge in [0, 0.05) is 0 Å². The van der Waals surface area contributed by atoms with E-state index in [9.17, 15) is 9.18 Å². The Kier molecular flexibility index (Phi) is 5.62. The number of hydrogen-bond acceptors (Lipinski definition) is 4. The van der Waals surface area contributed by atoms with Gasteiger partial charge in [-0.2, -0.15) is 0 Å². The molecule has 29 heavy (non-hydrogen) atoms. The maximum atomic E-state index is 13.2. The van der Waals surface area contributed by atoms with Gasteiger partial charge in [0.25, 0.3) is 0 Å². The summed E-state index contributed by atoms with van der Waals surface area (Å²) in [5.74, 6) is 0.0682. The number of esters is 1. The zero-order valence-electron chi connectivity index (χ0n) is 15.8. The fourth-order valence-corrected chi connectivity index (χ4v) is 3.77. The monoisotopic (exact) mass is 406 g/mol. The zero-order chi connectivity index (χ0) is 20.2. The SMILES string of the molecule is Cc1ccc(OC(=O)CSc2nc3ccccc3n2Cc2ccc(F)cc2)cc1. The first-order valence-electron chi connectivity index (χ1n) is 9.18. The quantitative estimate of drug-likeness (QED) is 0.250. The largest absolute Gasteiger partial charge is 0.426 e. The number of aromatic nitrogens is 2. The van der Waals surface area contributed by atoms with Crippen LogP contribution in [-0.2, 0) is 11.3 Å². The molecule has 3 aromatic carbocycles. The van der Waals surface area contributed by atoms with E-state index in [4.69, 9.17) is 4.74 Å². The van der Waals surface area contributed by atoms with Crippen molar-refractivity contribution >= 4 is 28.8 Å². The van der Waals surface area contributed by atoms with E-state index in [1.54, 1.807) is 24.3 Å². The summed E-state index contributed by atoms with van der Waals surface area (Å²) in [6, 6.07) is 21.6. The second-order valence-electron chi connectivity index (χ2n) is 6.67. The summed E-state index contributed by atoms with van der Waals surface area (Å²) in [4.78, 5) is 16.9. The van der Waals surface area contributed by atoms with E-state index >= 15 is 0 Å². The lowest BCUT2D eigenvalue weighted by Crippen LogP contribution is -2.11. The van der Waals surface area contributed by atoms with Crippen LogP contribution in [0, 0.1) is 12.7 Å². The molecular weight excluding hydrogens is 387 g/mol. The first-order valence-corrected chi connectivity index (χ1v) is 10.2. The average Bonchev–Trinajstić information content (AvgIpc) is 3.07. The summed E-state index contributed by atoms with van der Waals surface area (Å²) in [7, 11) is 0. The second kappa shape index (κ2) is 8.49. The van der Waals surface area contributed by atoms with Gasteiger partial charge in [0.1, 0.15) is 11.6 Å². The van der Waals surface area contributed by atoms with Crippen LogP contribution in [0.3, 0.4) is 0 Å². The van der Waals surface area contributed by atoms with E-state index in [0.717, 1.165) is 27.3 Å². The van der Waals surface area contributed by atoms with Crippen LogP contribution in [0.15, 0.2) is 78.0 Å². The normalized spacial score (nSPS) is 11.0. The van der Waals surface area contributed by atoms with Crippen LogP contribution in [0.1, 0.15) is 11.1 Å². The molecule has 0 saturated carbocycles. The van der Waals surface area contributed by atoms with Gasteiger partial charge in [-0.1, -0.05) is 53.7 Å². The first kappa shape index (κ1) is 19.2. The summed E-state index contributed by atoms with van der Waals surface area (Å²) in [5.41, 5.74) is 3.88. The van der Waals surface area contributed by atoms with Crippen LogP contribution in [0.4, 0.5) is 4.39 Å². The summed E-state index contributed by atoms with van der Waals surface area (Å²) in [5, 5.41) is 0.719. The number of nitrogens with zero attached hydrogens (tertiary/aromatic N) is 2. The van der Waals surface area contributed by atoms with Crippen LogP contribution >= 0.6 is 11.8 Å². The van der Waals surface area contributed by atoms with Crippen LogP contribution in [-0.4, -0.2) is 21.3 Å². The molecule has 0 saturated heterocycles. The standard InChI is InChI=1S/C23H19FN2O2S/c1-16-6-12-19(13-7-16)28-22(27)15-29-23-25-20-4-2-3-5-21(20)26(23)14-17-8-10-18(24)11-9-17/h2-13H,14-15H2,1H3. The van der Waals surface area contributed by atoms with Gasteiger partial charge in [0.15, 0.2) is 5.16 Å². The van der Waals surface area contributed by atoms with Crippen LogP contribution in [0.5, 0.6) is 5.75 Å². The summed E-state index contributed by atoms with van der Waals surface area (Å²) in [6.07, 6.45) is 0. The Balaban J connectivity index is 1.52. The number of fused-ring (bicyclic) bond motifs is 1. The summed E-state index contributed by atoms with van der Waals surface area (Å²) in [6.45, 7) is 2.52. The van der Waals surface area contributed by atoms with Crippen LogP contribution < -0.4 is 4.74 Å². The molecule has 1 heterocycles. The third kappa shape index (κ3) is 4.66. The number of benzene rings is 3. The highest BCUT2D eigenvalue weighted by atomic mass is 32.2. The Hall–Kier alpha value is -3.12. The Bertz CT molecular complexity index is 1140. The lowest BCUT2D eigenvalue weighted by atomic mass is 10.2. The van der Waals surface area contributed by atoms with Gasteiger partial charge < -0.3 is 9.30 Å². The average molecular weight is 406 g/mol. The molecule has 6 heteroatoms. The Morgan fingerprint density at radius 3 is 2.52 bits per heavy atom. The third-order valence-electron chi connectivity index (χ3n) is 4.45. The number of carbonyl (C=O) groups is 1. The smallest absolute Gasteiger partial charge is 0.321 e. The molecule has 0 aliphatic carbocycles. The molecule has 0 aliphatic rings. The van der Waals surface area contributed by atoms with E-state index in [2.05, 4.69) is 4.98 Å². The number of aryl methyl sites for hydroxylation is 1. The van der Waals surface area contributed by atoms with E-state index in [0.29, 0.717) is 12.3 Å². The predicted octanol–water partition coefficient (Wildman–Crippen LogP) is 5.23. The molecule has 0 atom stereocenters. The fraction of sp³-hybridized carbons (Fsp3) is 0.130. The molecule has 4 nitrogen and oxygen atoms in total. The third-order valence-corrected chi connectivity index (χ3v) is 5.40. The highest BCUT2D eigenvalue weighted by molar-refractivity contribution is 7.99. The van der Waals surface area contributed by atoms with Crippen molar-refractivity contribution in [3.05, 3.63) is 89.7 Å². The Labute approximate surface area is 172 Å². The number of thioether (sulfide) groups is 1. The molecular formula is C23H19FN2O2S. The molecule has 4 aromatic rings. The summed E-state index contributed by atoms with van der Waals surface area (Å²) >= 11 is 1.33. The number of imidazole rings is 1. The lowest BCUT2D eigenvalue weighted by molar-refractivity contribution is -0.131. The van der Waals surface area contributed by atoms with Gasteiger partial charge >= 0.3 is 5.97 Å². The molecule has 0 fully saturated rings. The van der Waals surface area contributed by atoms with Crippen molar-refractivity contribution in [3.63, 3.8) is 0 Å². The number of hydrogen-bond donors (Lipinski definition) is 0. The van der Waals surface area contributed by atoms with Gasteiger partial charge in [-0.3, -0.25) is 4.79 Å². The maximum Gasteiger partial charge on any atom is 0.321 e. The molecule has 146 valence electrons. The van der Waals surface area contributed by atoms with Gasteiger partial charge in [0.2, 0.25) is 0 Å². The van der Waals surface area contributed by atoms with E-state index in [1.807, 2.05) is 47.9 Å². The van der Waals surface area contributed by atoms with Crippen molar-refractivity contribution in [2.24, 2.45) is 0 Å². The number of halogens is 1. The first-order chi connectivity index (χ1) is 14.1. The Morgan fingerprint density at radius 1 is 1.03 bits per heavy atom. The number of rotatable bonds is 6. The number of ether oxygens (including phenoxy) is 1. The van der Waals surface area contributed by atoms with Crippen molar-refractivity contribution in [1.82, 2.24) is 9.55 Å². The van der Waals surface area contributed by atoms with Crippen LogP contribution in [0.25, 0.3) is 11.0 Å². The molecule has 1 aromatic heterocycles. The van der Waals surface area contributed by atoms with Crippen molar-refractivity contribution in [2.75, 3.05) is 5.75 Å². The predicted molar refractivity (Wildman–Crippen MR) is 113 cm³/mol. The number of para-hydroxylation sites is 2. The van der Waals surface area contributed by atoms with E-state index < -0.39 is 0 Å². The zero-order valence-corrected chi connectivity index (χ0v) is 16.7. The van der Waals surface area contributed by atoms with Crippen LogP contribution in [0.2, 0.25) is 0 Å². The highest BCUT2D eigenvalue weighted by Crippen LogP contribution is 2.26. The van der Waals surface area contributed by atoms with Crippen molar-refractivity contribution < 1.29 is 13.9 Å². The lowest BCUT2D eigenvalue weighted by Gasteiger charge is -2.09. The molecule has 0 radical (unpaired) electrons. The van der Waals surface area contributed by atoms with Crippen molar-refractivity contribution in [2.45, 2.75) is 18.6 Å². The van der Waals surface area contributed by atoms with Gasteiger partial charge in [0.05, 0.1) is 23.3 Å². The fourth-order valence-electron chi connectivity index (χ4n) is 2.98. The van der Waals surface area contributed by atoms with Crippen molar-refractivity contribution in [1.29, 1.82) is 0 Å². The van der Waals surface area contributed by atoms with Gasteiger partial charge in [-0.05, 0) is 48.9 Å². The topological polar surface area (TPSA) is 44.1 Å². The van der Waals surface area contributed by atoms with E-state index in [-0.39, 0.29) is 17.5 Å². The molecule has 0 bridgehead atoms. The van der Waals surface area contributed by atoms with Gasteiger partial charge in [-0.25, -0.2) is 9.37 Å². The maximum absolute atomic E-state index is 13.2. The minimum Gasteiger partial charge on any atom is -0.426 e. The minimum absolute atomic E-state index is 0.140. The second-order valence-corrected chi connectivity index (χ2v) is 7.61. The van der Waals surface area contributed by atoms with E-state index in [1.165, 1.54) is 23.9 Å². The highest BCUT2D eigenvalue weighted by Gasteiger charge is 2.14. The molecule has 0 amide bonds. The summed E-state index contributed by atoms with van der Waals surface area (Å²) < 4.78 is 20.7. The van der Waals surface area contributed by atoms with Crippen molar-refractivity contribution in [3.8, 4) is 5.75 Å². The van der Waals surface area contributed by atoms with Gasteiger partial charge in [-0.15, -0.1) is 0 Å². The molecule has 0 aliphatic heterocycles. The number of carbonyl (C=O) groups excluding carboxylic acids is 1. The molecule has 4 rings (SSSR count). The molecule has 0 spiro atoms. The molecule has 0 N–H and O–H groups in total. The minimum atomic E-state index is -0.334.